The van der Waals surface area contributed by atoms with E-state index < -0.39 is 5.82 Å². The van der Waals surface area contributed by atoms with E-state index in [0.29, 0.717) is 12.2 Å². The molecule has 0 saturated carbocycles. The largest absolute Gasteiger partial charge is 0.488 e. The van der Waals surface area contributed by atoms with Crippen LogP contribution in [-0.4, -0.2) is 26.2 Å². The summed E-state index contributed by atoms with van der Waals surface area (Å²) >= 11 is 3.03. The van der Waals surface area contributed by atoms with Crippen LogP contribution in [0.4, 0.5) is 4.39 Å². The maximum atomic E-state index is 13.7. The van der Waals surface area contributed by atoms with Gasteiger partial charge in [0, 0.05) is 12.7 Å². The minimum Gasteiger partial charge on any atom is -0.488 e. The predicted octanol–water partition coefficient (Wildman–Crippen LogP) is 1.90. The zero-order valence-electron chi connectivity index (χ0n) is 8.72. The Hall–Kier alpha value is -1.14. The van der Waals surface area contributed by atoms with Crippen molar-refractivity contribution in [1.82, 2.24) is 0 Å². The molecule has 0 heterocycles. The number of nitrogen functional groups attached to an aromatic ring is 1. The molecule has 0 aromatic heterocycles. The highest BCUT2D eigenvalue weighted by molar-refractivity contribution is 9.10. The van der Waals surface area contributed by atoms with Crippen LogP contribution in [0.25, 0.3) is 0 Å². The molecule has 1 rings (SSSR count). The summed E-state index contributed by atoms with van der Waals surface area (Å²) in [6.45, 7) is 0.644. The lowest BCUT2D eigenvalue weighted by molar-refractivity contribution is 0.143. The van der Waals surface area contributed by atoms with E-state index in [1.807, 2.05) is 0 Å². The number of ether oxygens (including phenoxy) is 2. The first-order chi connectivity index (χ1) is 7.57. The number of hydrogen-bond acceptors (Lipinski definition) is 3. The Bertz CT molecular complexity index is 399. The number of nitrogens with two attached hydrogens (primary N) is 1. The highest BCUT2D eigenvalue weighted by Crippen LogP contribution is 2.28. The summed E-state index contributed by atoms with van der Waals surface area (Å²) in [5, 5.41) is 7.23. The van der Waals surface area contributed by atoms with Crippen LogP contribution >= 0.6 is 15.9 Å². The summed E-state index contributed by atoms with van der Waals surface area (Å²) in [6, 6.07) is 2.96. The van der Waals surface area contributed by atoms with Gasteiger partial charge in [-0.05, 0) is 28.1 Å². The molecule has 1 aromatic carbocycles. The molecule has 0 fully saturated rings. The minimum absolute atomic E-state index is 0.105. The monoisotopic (exact) mass is 290 g/mol. The predicted molar refractivity (Wildman–Crippen MR) is 62.5 cm³/mol. The normalized spacial score (nSPS) is 10.2. The van der Waals surface area contributed by atoms with Gasteiger partial charge in [-0.2, -0.15) is 0 Å². The van der Waals surface area contributed by atoms with E-state index in [2.05, 4.69) is 15.9 Å². The van der Waals surface area contributed by atoms with Gasteiger partial charge in [0.2, 0.25) is 0 Å². The summed E-state index contributed by atoms with van der Waals surface area (Å²) in [5.41, 5.74) is 5.58. The molecule has 3 N–H and O–H groups in total. The Balaban J connectivity index is 2.89. The summed E-state index contributed by atoms with van der Waals surface area (Å²) in [6.07, 6.45) is 0. The zero-order valence-corrected chi connectivity index (χ0v) is 10.3. The first kappa shape index (κ1) is 12.9. The number of rotatable bonds is 5. The number of amidine groups is 1. The van der Waals surface area contributed by atoms with Gasteiger partial charge in [0.1, 0.15) is 12.4 Å². The van der Waals surface area contributed by atoms with Crippen molar-refractivity contribution in [2.24, 2.45) is 5.73 Å². The molecule has 0 atom stereocenters. The standard InChI is InChI=1S/C10H12BrFN2O2/c1-15-4-5-16-7-3-2-6(10(13)14)8(11)9(7)12/h2-3H,4-5H2,1H3,(H3,13,14). The molecule has 0 saturated heterocycles. The Morgan fingerprint density at radius 2 is 2.19 bits per heavy atom. The van der Waals surface area contributed by atoms with Gasteiger partial charge in [0.25, 0.3) is 0 Å². The lowest BCUT2D eigenvalue weighted by Crippen LogP contribution is -2.13. The fraction of sp³-hybridized carbons (Fsp3) is 0.300. The van der Waals surface area contributed by atoms with Crippen LogP contribution in [0.2, 0.25) is 0 Å². The summed E-state index contributed by atoms with van der Waals surface area (Å²) < 4.78 is 23.8. The molecule has 6 heteroatoms. The molecular weight excluding hydrogens is 279 g/mol. The van der Waals surface area contributed by atoms with Crippen LogP contribution in [0.5, 0.6) is 5.75 Å². The highest BCUT2D eigenvalue weighted by Gasteiger charge is 2.13. The molecule has 0 aliphatic carbocycles. The number of halogens is 2. The maximum Gasteiger partial charge on any atom is 0.179 e. The van der Waals surface area contributed by atoms with Gasteiger partial charge in [0.15, 0.2) is 11.6 Å². The molecule has 0 amide bonds. The van der Waals surface area contributed by atoms with E-state index >= 15 is 0 Å². The Labute approximate surface area is 101 Å². The van der Waals surface area contributed by atoms with Crippen molar-refractivity contribution in [2.45, 2.75) is 0 Å². The van der Waals surface area contributed by atoms with Crippen LogP contribution in [0.1, 0.15) is 5.56 Å². The molecule has 0 unspecified atom stereocenters. The molecule has 0 radical (unpaired) electrons. The minimum atomic E-state index is -0.566. The van der Waals surface area contributed by atoms with E-state index in [9.17, 15) is 4.39 Å². The number of nitrogens with one attached hydrogen (secondary N) is 1. The SMILES string of the molecule is COCCOc1ccc(C(=N)N)c(Br)c1F. The van der Waals surface area contributed by atoms with Gasteiger partial charge in [-0.3, -0.25) is 5.41 Å². The van der Waals surface area contributed by atoms with Gasteiger partial charge < -0.3 is 15.2 Å². The van der Waals surface area contributed by atoms with Crippen LogP contribution in [0, 0.1) is 11.2 Å². The third kappa shape index (κ3) is 2.93. The second-order valence-electron chi connectivity index (χ2n) is 2.99. The molecule has 1 aromatic rings. The molecule has 88 valence electrons. The van der Waals surface area contributed by atoms with Crippen molar-refractivity contribution in [3.63, 3.8) is 0 Å². The van der Waals surface area contributed by atoms with Crippen molar-refractivity contribution >= 4 is 21.8 Å². The number of methoxy groups -OCH3 is 1. The topological polar surface area (TPSA) is 68.3 Å². The summed E-state index contributed by atoms with van der Waals surface area (Å²) in [5.74, 6) is -0.660. The van der Waals surface area contributed by atoms with E-state index in [4.69, 9.17) is 20.6 Å². The number of hydrogen-bond donors (Lipinski definition) is 2. The Kier molecular flexibility index (Phi) is 4.70. The first-order valence-corrected chi connectivity index (χ1v) is 5.31. The second-order valence-corrected chi connectivity index (χ2v) is 3.79. The molecular formula is C10H12BrFN2O2. The highest BCUT2D eigenvalue weighted by atomic mass is 79.9. The molecule has 0 bridgehead atoms. The van der Waals surface area contributed by atoms with Gasteiger partial charge >= 0.3 is 0 Å². The van der Waals surface area contributed by atoms with Crippen molar-refractivity contribution in [2.75, 3.05) is 20.3 Å². The first-order valence-electron chi connectivity index (χ1n) is 4.52. The molecule has 4 nitrogen and oxygen atoms in total. The van der Waals surface area contributed by atoms with Gasteiger partial charge in [-0.15, -0.1) is 0 Å². The maximum absolute atomic E-state index is 13.7. The van der Waals surface area contributed by atoms with Gasteiger partial charge in [-0.25, -0.2) is 4.39 Å². The fourth-order valence-corrected chi connectivity index (χ4v) is 1.63. The van der Waals surface area contributed by atoms with Crippen molar-refractivity contribution in [3.05, 3.63) is 28.0 Å². The van der Waals surface area contributed by atoms with E-state index in [-0.39, 0.29) is 22.7 Å². The van der Waals surface area contributed by atoms with Crippen LogP contribution in [0.15, 0.2) is 16.6 Å². The number of benzene rings is 1. The zero-order chi connectivity index (χ0) is 12.1. The molecule has 16 heavy (non-hydrogen) atoms. The summed E-state index contributed by atoms with van der Waals surface area (Å²) in [7, 11) is 1.54. The third-order valence-electron chi connectivity index (χ3n) is 1.88. The van der Waals surface area contributed by atoms with E-state index in [1.165, 1.54) is 19.2 Å². The van der Waals surface area contributed by atoms with Crippen LogP contribution in [-0.2, 0) is 4.74 Å². The fourth-order valence-electron chi connectivity index (χ4n) is 1.09. The lowest BCUT2D eigenvalue weighted by atomic mass is 10.2. The average molecular weight is 291 g/mol. The van der Waals surface area contributed by atoms with E-state index in [1.54, 1.807) is 0 Å². The average Bonchev–Trinajstić information content (AvgIpc) is 2.24. The smallest absolute Gasteiger partial charge is 0.179 e. The van der Waals surface area contributed by atoms with Gasteiger partial charge in [0.05, 0.1) is 11.1 Å². The van der Waals surface area contributed by atoms with Crippen molar-refractivity contribution in [3.8, 4) is 5.75 Å². The van der Waals surface area contributed by atoms with Gasteiger partial charge in [-0.1, -0.05) is 0 Å². The lowest BCUT2D eigenvalue weighted by Gasteiger charge is -2.10. The Morgan fingerprint density at radius 3 is 2.75 bits per heavy atom. The quantitative estimate of drug-likeness (QED) is 0.494. The molecule has 0 spiro atoms. The van der Waals surface area contributed by atoms with Crippen LogP contribution in [0.3, 0.4) is 0 Å². The van der Waals surface area contributed by atoms with E-state index in [0.717, 1.165) is 0 Å². The van der Waals surface area contributed by atoms with Crippen molar-refractivity contribution in [1.29, 1.82) is 5.41 Å². The third-order valence-corrected chi connectivity index (χ3v) is 2.66. The molecule has 0 aliphatic heterocycles. The second kappa shape index (κ2) is 5.81. The molecule has 0 aliphatic rings. The Morgan fingerprint density at radius 1 is 1.50 bits per heavy atom. The van der Waals surface area contributed by atoms with Crippen LogP contribution < -0.4 is 10.5 Å². The summed E-state index contributed by atoms with van der Waals surface area (Å²) in [4.78, 5) is 0. The van der Waals surface area contributed by atoms with Crippen molar-refractivity contribution < 1.29 is 13.9 Å².